The van der Waals surface area contributed by atoms with Gasteiger partial charge in [0.1, 0.15) is 18.1 Å². The Balaban J connectivity index is 1.56. The molecule has 0 aliphatic carbocycles. The van der Waals surface area contributed by atoms with Gasteiger partial charge in [-0.15, -0.1) is 0 Å². The highest BCUT2D eigenvalue weighted by Crippen LogP contribution is 2.19. The predicted octanol–water partition coefficient (Wildman–Crippen LogP) is 4.45. The first-order valence-corrected chi connectivity index (χ1v) is 9.87. The standard InChI is InChI=1S/C24H28N2O3/c1-4-18-10-12-19(13-11-18)22(26(2)3)16-25-24(27)23-15-14-21(29-23)17-28-20-8-6-5-7-9-20/h5-15,22H,4,16-17H2,1-3H3,(H,25,27). The lowest BCUT2D eigenvalue weighted by Gasteiger charge is -2.25. The first-order valence-electron chi connectivity index (χ1n) is 9.87. The van der Waals surface area contributed by atoms with Crippen molar-refractivity contribution in [2.75, 3.05) is 20.6 Å². The van der Waals surface area contributed by atoms with Crippen LogP contribution in [0, 0.1) is 0 Å². The highest BCUT2D eigenvalue weighted by molar-refractivity contribution is 5.91. The summed E-state index contributed by atoms with van der Waals surface area (Å²) < 4.78 is 11.3. The average molecular weight is 392 g/mol. The van der Waals surface area contributed by atoms with Crippen molar-refractivity contribution >= 4 is 5.91 Å². The quantitative estimate of drug-likeness (QED) is 0.584. The number of benzene rings is 2. The third-order valence-corrected chi connectivity index (χ3v) is 4.86. The zero-order chi connectivity index (χ0) is 20.6. The Labute approximate surface area is 172 Å². The Bertz CT molecular complexity index is 901. The molecule has 3 aromatic rings. The topological polar surface area (TPSA) is 54.7 Å². The Morgan fingerprint density at radius 3 is 2.41 bits per heavy atom. The minimum atomic E-state index is -0.229. The molecule has 5 nitrogen and oxygen atoms in total. The van der Waals surface area contributed by atoms with Gasteiger partial charge in [-0.05, 0) is 55.9 Å². The van der Waals surface area contributed by atoms with Gasteiger partial charge in [0.2, 0.25) is 0 Å². The van der Waals surface area contributed by atoms with Crippen molar-refractivity contribution in [2.45, 2.75) is 26.0 Å². The number of ether oxygens (including phenoxy) is 1. The predicted molar refractivity (Wildman–Crippen MR) is 114 cm³/mol. The number of amides is 1. The number of hydrogen-bond acceptors (Lipinski definition) is 4. The van der Waals surface area contributed by atoms with Gasteiger partial charge in [0.05, 0.1) is 6.04 Å². The molecule has 1 N–H and O–H groups in total. The summed E-state index contributed by atoms with van der Waals surface area (Å²) in [5, 5.41) is 2.98. The van der Waals surface area contributed by atoms with Gasteiger partial charge in [-0.3, -0.25) is 4.79 Å². The molecule has 1 heterocycles. The SMILES string of the molecule is CCc1ccc(C(CNC(=O)c2ccc(COc3ccccc3)o2)N(C)C)cc1. The monoisotopic (exact) mass is 392 g/mol. The number of para-hydroxylation sites is 1. The largest absolute Gasteiger partial charge is 0.486 e. The van der Waals surface area contributed by atoms with Gasteiger partial charge in [-0.1, -0.05) is 49.4 Å². The molecule has 0 saturated heterocycles. The highest BCUT2D eigenvalue weighted by atomic mass is 16.5. The van der Waals surface area contributed by atoms with E-state index >= 15 is 0 Å². The minimum absolute atomic E-state index is 0.0840. The number of nitrogens with zero attached hydrogens (tertiary/aromatic N) is 1. The summed E-state index contributed by atoms with van der Waals surface area (Å²) in [5.74, 6) is 1.43. The first-order chi connectivity index (χ1) is 14.1. The molecular formula is C24H28N2O3. The average Bonchev–Trinajstić information content (AvgIpc) is 3.22. The number of furan rings is 1. The zero-order valence-electron chi connectivity index (χ0n) is 17.2. The smallest absolute Gasteiger partial charge is 0.287 e. The van der Waals surface area contributed by atoms with Crippen molar-refractivity contribution in [3.63, 3.8) is 0 Å². The van der Waals surface area contributed by atoms with Crippen molar-refractivity contribution in [1.82, 2.24) is 10.2 Å². The van der Waals surface area contributed by atoms with Gasteiger partial charge < -0.3 is 19.4 Å². The molecule has 29 heavy (non-hydrogen) atoms. The zero-order valence-corrected chi connectivity index (χ0v) is 17.2. The minimum Gasteiger partial charge on any atom is -0.486 e. The van der Waals surface area contributed by atoms with E-state index in [1.807, 2.05) is 44.4 Å². The van der Waals surface area contributed by atoms with E-state index in [2.05, 4.69) is 41.4 Å². The molecule has 1 atom stereocenters. The molecule has 5 heteroatoms. The number of rotatable bonds is 9. The van der Waals surface area contributed by atoms with Gasteiger partial charge in [-0.2, -0.15) is 0 Å². The fourth-order valence-electron chi connectivity index (χ4n) is 3.10. The number of carbonyl (C=O) groups excluding carboxylic acids is 1. The molecule has 2 aromatic carbocycles. The maximum absolute atomic E-state index is 12.5. The summed E-state index contributed by atoms with van der Waals surface area (Å²) >= 11 is 0. The number of carbonyl (C=O) groups is 1. The Kier molecular flexibility index (Phi) is 7.09. The lowest BCUT2D eigenvalue weighted by Crippen LogP contribution is -2.34. The molecule has 0 aliphatic heterocycles. The van der Waals surface area contributed by atoms with E-state index in [0.29, 0.717) is 12.3 Å². The fraction of sp³-hybridized carbons (Fsp3) is 0.292. The van der Waals surface area contributed by atoms with Crippen LogP contribution in [0.15, 0.2) is 71.1 Å². The van der Waals surface area contributed by atoms with Crippen molar-refractivity contribution in [2.24, 2.45) is 0 Å². The normalized spacial score (nSPS) is 12.0. The van der Waals surface area contributed by atoms with Gasteiger partial charge in [0.25, 0.3) is 5.91 Å². The van der Waals surface area contributed by atoms with Crippen LogP contribution in [0.5, 0.6) is 5.75 Å². The molecule has 0 aliphatic rings. The van der Waals surface area contributed by atoms with Crippen LogP contribution in [-0.2, 0) is 13.0 Å². The van der Waals surface area contributed by atoms with Gasteiger partial charge in [-0.25, -0.2) is 0 Å². The van der Waals surface area contributed by atoms with Gasteiger partial charge >= 0.3 is 0 Å². The van der Waals surface area contributed by atoms with E-state index in [1.54, 1.807) is 12.1 Å². The molecule has 3 rings (SSSR count). The lowest BCUT2D eigenvalue weighted by atomic mass is 10.0. The Hall–Kier alpha value is -3.05. The van der Waals surface area contributed by atoms with E-state index in [4.69, 9.17) is 9.15 Å². The summed E-state index contributed by atoms with van der Waals surface area (Å²) in [6.07, 6.45) is 1.01. The molecule has 0 radical (unpaired) electrons. The maximum Gasteiger partial charge on any atom is 0.287 e. The Morgan fingerprint density at radius 2 is 1.76 bits per heavy atom. The van der Waals surface area contributed by atoms with Crippen LogP contribution in [0.3, 0.4) is 0 Å². The molecule has 0 spiro atoms. The summed E-state index contributed by atoms with van der Waals surface area (Å²) in [7, 11) is 4.02. The number of likely N-dealkylation sites (N-methyl/N-ethyl adjacent to an activating group) is 1. The van der Waals surface area contributed by atoms with Crippen molar-refractivity contribution in [3.05, 3.63) is 89.4 Å². The first kappa shape index (κ1) is 20.7. The molecule has 1 amide bonds. The molecule has 0 saturated carbocycles. The maximum atomic E-state index is 12.5. The summed E-state index contributed by atoms with van der Waals surface area (Å²) in [6, 6.07) is 21.6. The van der Waals surface area contributed by atoms with Crippen molar-refractivity contribution in [3.8, 4) is 5.75 Å². The third kappa shape index (κ3) is 5.72. The highest BCUT2D eigenvalue weighted by Gasteiger charge is 2.17. The molecule has 0 fully saturated rings. The van der Waals surface area contributed by atoms with Crippen molar-refractivity contribution in [1.29, 1.82) is 0 Å². The molecule has 1 unspecified atom stereocenters. The summed E-state index contributed by atoms with van der Waals surface area (Å²) in [5.41, 5.74) is 2.47. The second-order valence-electron chi connectivity index (χ2n) is 7.15. The molecular weight excluding hydrogens is 364 g/mol. The van der Waals surface area contributed by atoms with E-state index in [-0.39, 0.29) is 24.3 Å². The van der Waals surface area contributed by atoms with E-state index in [1.165, 1.54) is 11.1 Å². The summed E-state index contributed by atoms with van der Waals surface area (Å²) in [4.78, 5) is 14.6. The fourth-order valence-corrected chi connectivity index (χ4v) is 3.10. The van der Waals surface area contributed by atoms with Crippen molar-refractivity contribution < 1.29 is 13.9 Å². The lowest BCUT2D eigenvalue weighted by molar-refractivity contribution is 0.0910. The van der Waals surface area contributed by atoms with Gasteiger partial charge in [0.15, 0.2) is 5.76 Å². The number of nitrogens with one attached hydrogen (secondary N) is 1. The molecule has 152 valence electrons. The third-order valence-electron chi connectivity index (χ3n) is 4.86. The van der Waals surface area contributed by atoms with Crippen LogP contribution < -0.4 is 10.1 Å². The molecule has 1 aromatic heterocycles. The van der Waals surface area contributed by atoms with Crippen LogP contribution in [0.1, 0.15) is 40.4 Å². The van der Waals surface area contributed by atoms with E-state index in [9.17, 15) is 4.79 Å². The van der Waals surface area contributed by atoms with Crippen LogP contribution in [0.2, 0.25) is 0 Å². The number of hydrogen-bond donors (Lipinski definition) is 1. The van der Waals surface area contributed by atoms with Crippen LogP contribution in [0.25, 0.3) is 0 Å². The second kappa shape index (κ2) is 9.94. The second-order valence-corrected chi connectivity index (χ2v) is 7.15. The van der Waals surface area contributed by atoms with E-state index < -0.39 is 0 Å². The summed E-state index contributed by atoms with van der Waals surface area (Å²) in [6.45, 7) is 2.91. The van der Waals surface area contributed by atoms with Gasteiger partial charge in [0, 0.05) is 6.54 Å². The molecule has 0 bridgehead atoms. The number of aryl methyl sites for hydroxylation is 1. The van der Waals surface area contributed by atoms with Crippen LogP contribution >= 0.6 is 0 Å². The van der Waals surface area contributed by atoms with E-state index in [0.717, 1.165) is 12.2 Å². The van der Waals surface area contributed by atoms with Crippen LogP contribution in [0.4, 0.5) is 0 Å². The van der Waals surface area contributed by atoms with Crippen LogP contribution in [-0.4, -0.2) is 31.4 Å². The Morgan fingerprint density at radius 1 is 1.03 bits per heavy atom.